The maximum Gasteiger partial charge on any atom is 0.407 e. The maximum absolute atomic E-state index is 11.9. The zero-order chi connectivity index (χ0) is 22.9. The molecule has 0 unspecified atom stereocenters. The van der Waals surface area contributed by atoms with Crippen LogP contribution in [0.4, 0.5) is 15.3 Å². The molecule has 30 heavy (non-hydrogen) atoms. The number of benzene rings is 1. The van der Waals surface area contributed by atoms with Gasteiger partial charge in [0.25, 0.3) is 0 Å². The zero-order valence-electron chi connectivity index (χ0n) is 19.1. The molecule has 0 saturated carbocycles. The molecule has 1 aromatic rings. The van der Waals surface area contributed by atoms with Gasteiger partial charge in [0, 0.05) is 26.2 Å². The number of nitrogens with zero attached hydrogens (tertiary/aromatic N) is 2. The molecule has 0 aliphatic heterocycles. The molecular weight excluding hydrogens is 384 g/mol. The van der Waals surface area contributed by atoms with E-state index >= 15 is 0 Å². The lowest BCUT2D eigenvalue weighted by atomic mass is 10.1. The van der Waals surface area contributed by atoms with Crippen molar-refractivity contribution >= 4 is 17.9 Å². The van der Waals surface area contributed by atoms with Crippen LogP contribution in [0.25, 0.3) is 0 Å². The first-order valence-electron chi connectivity index (χ1n) is 10.00. The van der Waals surface area contributed by atoms with Gasteiger partial charge < -0.3 is 25.0 Å². The van der Waals surface area contributed by atoms with Gasteiger partial charge in [-0.25, -0.2) is 9.59 Å². The maximum atomic E-state index is 11.9. The third-order valence-corrected chi connectivity index (χ3v) is 3.71. The molecule has 0 fully saturated rings. The number of rotatable bonds is 7. The summed E-state index contributed by atoms with van der Waals surface area (Å²) in [5.41, 5.74) is 1.12. The summed E-state index contributed by atoms with van der Waals surface area (Å²) in [6, 6.07) is 7.75. The summed E-state index contributed by atoms with van der Waals surface area (Å²) in [6.07, 6.45) is -1.00. The van der Waals surface area contributed by atoms with E-state index in [1.807, 2.05) is 24.0 Å². The van der Waals surface area contributed by atoms with Crippen molar-refractivity contribution in [3.63, 3.8) is 0 Å². The molecule has 2 amide bonds. The summed E-state index contributed by atoms with van der Waals surface area (Å²) in [5.74, 6) is 0. The minimum Gasteiger partial charge on any atom is -0.444 e. The van der Waals surface area contributed by atoms with E-state index in [9.17, 15) is 14.9 Å². The summed E-state index contributed by atoms with van der Waals surface area (Å²) < 4.78 is 10.5. The number of hydrogen-bond donors (Lipinski definition) is 2. The highest BCUT2D eigenvalue weighted by Crippen LogP contribution is 2.21. The quantitative estimate of drug-likeness (QED) is 0.699. The van der Waals surface area contributed by atoms with Gasteiger partial charge in [-0.3, -0.25) is 0 Å². The number of nitrogens with one attached hydrogen (secondary N) is 2. The number of anilines is 1. The van der Waals surface area contributed by atoms with Gasteiger partial charge in [-0.15, -0.1) is 0 Å². The second kappa shape index (κ2) is 10.7. The van der Waals surface area contributed by atoms with Crippen LogP contribution in [0.3, 0.4) is 0 Å². The molecule has 0 radical (unpaired) electrons. The van der Waals surface area contributed by atoms with Crippen LogP contribution in [0, 0.1) is 18.3 Å². The third kappa shape index (κ3) is 10.0. The monoisotopic (exact) mass is 418 g/mol. The number of carbonyl (C=O) groups excluding carboxylic acids is 2. The molecular formula is C22H34N4O4. The van der Waals surface area contributed by atoms with Crippen LogP contribution in [0.1, 0.15) is 52.7 Å². The van der Waals surface area contributed by atoms with Crippen LogP contribution in [0.15, 0.2) is 18.2 Å². The predicted molar refractivity (Wildman–Crippen MR) is 117 cm³/mol. The van der Waals surface area contributed by atoms with Crippen LogP contribution in [0.5, 0.6) is 0 Å². The van der Waals surface area contributed by atoms with Gasteiger partial charge in [0.15, 0.2) is 0 Å². The molecule has 0 aromatic heterocycles. The Morgan fingerprint density at radius 2 is 1.43 bits per heavy atom. The fraction of sp³-hybridized carbons (Fsp3) is 0.591. The Morgan fingerprint density at radius 1 is 0.967 bits per heavy atom. The second-order valence-corrected chi connectivity index (χ2v) is 8.98. The number of amides is 2. The van der Waals surface area contributed by atoms with Crippen molar-refractivity contribution in [1.29, 1.82) is 5.26 Å². The minimum absolute atomic E-state index is 0.320. The molecule has 0 aliphatic carbocycles. The smallest absolute Gasteiger partial charge is 0.407 e. The lowest BCUT2D eigenvalue weighted by Crippen LogP contribution is -2.42. The molecule has 1 rings (SSSR count). The fourth-order valence-corrected chi connectivity index (χ4v) is 2.56. The van der Waals surface area contributed by atoms with Crippen LogP contribution in [-0.2, 0) is 9.47 Å². The largest absolute Gasteiger partial charge is 0.444 e. The van der Waals surface area contributed by atoms with Crippen molar-refractivity contribution in [3.8, 4) is 6.07 Å². The average molecular weight is 419 g/mol. The predicted octanol–water partition coefficient (Wildman–Crippen LogP) is 3.72. The molecule has 2 N–H and O–H groups in total. The van der Waals surface area contributed by atoms with E-state index in [0.717, 1.165) is 11.3 Å². The van der Waals surface area contributed by atoms with Crippen molar-refractivity contribution in [2.75, 3.05) is 31.1 Å². The van der Waals surface area contributed by atoms with Crippen molar-refractivity contribution in [1.82, 2.24) is 10.6 Å². The molecule has 1 aromatic carbocycles. The topological polar surface area (TPSA) is 104 Å². The van der Waals surface area contributed by atoms with Crippen molar-refractivity contribution in [2.24, 2.45) is 0 Å². The number of alkyl carbamates (subject to hydrolysis) is 2. The Bertz CT molecular complexity index is 739. The highest BCUT2D eigenvalue weighted by molar-refractivity contribution is 5.68. The Hall–Kier alpha value is -2.95. The van der Waals surface area contributed by atoms with Gasteiger partial charge >= 0.3 is 12.2 Å². The molecule has 0 bridgehead atoms. The molecule has 8 nitrogen and oxygen atoms in total. The first-order chi connectivity index (χ1) is 13.8. The number of nitriles is 1. The minimum atomic E-state index is -0.578. The van der Waals surface area contributed by atoms with Crippen LogP contribution < -0.4 is 15.5 Å². The summed E-state index contributed by atoms with van der Waals surface area (Å²) in [6.45, 7) is 14.3. The van der Waals surface area contributed by atoms with Gasteiger partial charge in [-0.1, -0.05) is 6.07 Å². The normalized spacial score (nSPS) is 11.3. The molecule has 0 atom stereocenters. The fourth-order valence-electron chi connectivity index (χ4n) is 2.56. The van der Waals surface area contributed by atoms with Crippen molar-refractivity contribution in [3.05, 3.63) is 29.3 Å². The van der Waals surface area contributed by atoms with E-state index in [2.05, 4.69) is 16.7 Å². The molecule has 0 heterocycles. The van der Waals surface area contributed by atoms with Gasteiger partial charge in [0.1, 0.15) is 17.3 Å². The average Bonchev–Trinajstić information content (AvgIpc) is 2.57. The standard InChI is InChI=1S/C22H34N4O4/c1-16-8-9-17(15-23)18(14-16)26(12-10-24-19(27)29-21(2,3)4)13-11-25-20(28)30-22(5,6)7/h8-9,14H,10-13H2,1-7H3,(H,24,27)(H,25,28). The molecule has 0 spiro atoms. The summed E-state index contributed by atoms with van der Waals surface area (Å²) in [5, 5.41) is 14.9. The number of ether oxygens (including phenoxy) is 2. The molecule has 8 heteroatoms. The van der Waals surface area contributed by atoms with Gasteiger partial charge in [-0.2, -0.15) is 5.26 Å². The highest BCUT2D eigenvalue weighted by atomic mass is 16.6. The molecule has 166 valence electrons. The number of hydrogen-bond acceptors (Lipinski definition) is 6. The van der Waals surface area contributed by atoms with E-state index in [0.29, 0.717) is 31.7 Å². The van der Waals surface area contributed by atoms with Crippen LogP contribution >= 0.6 is 0 Å². The Balaban J connectivity index is 2.80. The van der Waals surface area contributed by atoms with E-state index in [4.69, 9.17) is 9.47 Å². The second-order valence-electron chi connectivity index (χ2n) is 8.98. The van der Waals surface area contributed by atoms with Crippen molar-refractivity contribution in [2.45, 2.75) is 59.7 Å². The van der Waals surface area contributed by atoms with E-state index in [-0.39, 0.29) is 0 Å². The van der Waals surface area contributed by atoms with E-state index < -0.39 is 23.4 Å². The Morgan fingerprint density at radius 3 is 1.83 bits per heavy atom. The lowest BCUT2D eigenvalue weighted by Gasteiger charge is -2.27. The molecule has 0 aliphatic rings. The summed E-state index contributed by atoms with van der Waals surface area (Å²) in [4.78, 5) is 25.8. The Labute approximate surface area is 179 Å². The lowest BCUT2D eigenvalue weighted by molar-refractivity contribution is 0.0520. The summed E-state index contributed by atoms with van der Waals surface area (Å²) in [7, 11) is 0. The number of aryl methyl sites for hydroxylation is 1. The zero-order valence-corrected chi connectivity index (χ0v) is 19.1. The van der Waals surface area contributed by atoms with Crippen LogP contribution in [0.2, 0.25) is 0 Å². The third-order valence-electron chi connectivity index (χ3n) is 3.71. The Kier molecular flexibility index (Phi) is 8.96. The van der Waals surface area contributed by atoms with E-state index in [1.54, 1.807) is 47.6 Å². The number of carbonyl (C=O) groups is 2. The van der Waals surface area contributed by atoms with Gasteiger partial charge in [-0.05, 0) is 66.2 Å². The SMILES string of the molecule is Cc1ccc(C#N)c(N(CCNC(=O)OC(C)(C)C)CCNC(=O)OC(C)(C)C)c1. The highest BCUT2D eigenvalue weighted by Gasteiger charge is 2.18. The van der Waals surface area contributed by atoms with E-state index in [1.165, 1.54) is 0 Å². The molecule has 0 saturated heterocycles. The summed E-state index contributed by atoms with van der Waals surface area (Å²) >= 11 is 0. The van der Waals surface area contributed by atoms with Gasteiger partial charge in [0.2, 0.25) is 0 Å². The first-order valence-corrected chi connectivity index (χ1v) is 10.00. The van der Waals surface area contributed by atoms with Crippen LogP contribution in [-0.4, -0.2) is 49.6 Å². The first kappa shape index (κ1) is 25.1. The van der Waals surface area contributed by atoms with Crippen molar-refractivity contribution < 1.29 is 19.1 Å². The van der Waals surface area contributed by atoms with Gasteiger partial charge in [0.05, 0.1) is 11.3 Å².